The summed E-state index contributed by atoms with van der Waals surface area (Å²) in [5, 5.41) is 7.25. The second-order valence-corrected chi connectivity index (χ2v) is 16.9. The van der Waals surface area contributed by atoms with E-state index < -0.39 is 0 Å². The van der Waals surface area contributed by atoms with Gasteiger partial charge in [-0.05, 0) is 106 Å². The van der Waals surface area contributed by atoms with E-state index in [2.05, 4.69) is 211 Å². The van der Waals surface area contributed by atoms with Crippen molar-refractivity contribution >= 4 is 65.6 Å². The fourth-order valence-corrected chi connectivity index (χ4v) is 10.6. The number of fused-ring (bicyclic) bond motifs is 12. The highest BCUT2D eigenvalue weighted by Gasteiger charge is 2.35. The molecule has 1 aliphatic carbocycles. The van der Waals surface area contributed by atoms with Gasteiger partial charge < -0.3 is 13.6 Å². The molecule has 0 radical (unpaired) electrons. The molecule has 13 rings (SSSR count). The van der Waals surface area contributed by atoms with Crippen LogP contribution in [0.5, 0.6) is 0 Å². The summed E-state index contributed by atoms with van der Waals surface area (Å²) in [6, 6.07) is 71.2. The van der Waals surface area contributed by atoms with Gasteiger partial charge in [0.05, 0.1) is 27.8 Å². The van der Waals surface area contributed by atoms with Crippen LogP contribution in [0.15, 0.2) is 199 Å². The summed E-state index contributed by atoms with van der Waals surface area (Å²) in [5.74, 6) is 0. The molecule has 282 valence electrons. The molecule has 12 aromatic rings. The number of nitrogens with zero attached hydrogens (tertiary/aromatic N) is 2. The number of furan rings is 1. The monoisotopic (exact) mass is 766 g/mol. The highest BCUT2D eigenvalue weighted by Crippen LogP contribution is 2.50. The Labute approximate surface area is 347 Å². The summed E-state index contributed by atoms with van der Waals surface area (Å²) in [6.45, 7) is 4.71. The van der Waals surface area contributed by atoms with Gasteiger partial charge in [0, 0.05) is 49.0 Å². The van der Waals surface area contributed by atoms with E-state index in [4.69, 9.17) is 4.42 Å². The molecule has 0 N–H and O–H groups in total. The molecule has 0 spiro atoms. The first kappa shape index (κ1) is 33.4. The van der Waals surface area contributed by atoms with Crippen molar-refractivity contribution in [1.29, 1.82) is 0 Å². The largest absolute Gasteiger partial charge is 0.456 e. The van der Waals surface area contributed by atoms with Crippen LogP contribution in [0.4, 0.5) is 0 Å². The molecular formula is C57H38N2O. The lowest BCUT2D eigenvalue weighted by Gasteiger charge is -2.22. The molecule has 0 atom stereocenters. The quantitative estimate of drug-likeness (QED) is 0.175. The third-order valence-electron chi connectivity index (χ3n) is 13.3. The highest BCUT2D eigenvalue weighted by atomic mass is 16.3. The van der Waals surface area contributed by atoms with Gasteiger partial charge in [0.2, 0.25) is 0 Å². The van der Waals surface area contributed by atoms with Crippen molar-refractivity contribution in [2.75, 3.05) is 0 Å². The third-order valence-corrected chi connectivity index (χ3v) is 13.3. The molecule has 0 bridgehead atoms. The topological polar surface area (TPSA) is 23.0 Å². The summed E-state index contributed by atoms with van der Waals surface area (Å²) in [6.07, 6.45) is 0. The second-order valence-electron chi connectivity index (χ2n) is 16.9. The van der Waals surface area contributed by atoms with Crippen LogP contribution in [0.3, 0.4) is 0 Å². The normalized spacial score (nSPS) is 13.3. The van der Waals surface area contributed by atoms with Gasteiger partial charge >= 0.3 is 0 Å². The number of hydrogen-bond donors (Lipinski definition) is 0. The number of rotatable bonds is 4. The molecule has 0 fully saturated rings. The first-order valence-corrected chi connectivity index (χ1v) is 20.8. The van der Waals surface area contributed by atoms with Crippen molar-refractivity contribution in [3.8, 4) is 44.8 Å². The maximum absolute atomic E-state index is 6.34. The number of para-hydroxylation sites is 4. The Morgan fingerprint density at radius 1 is 0.367 bits per heavy atom. The van der Waals surface area contributed by atoms with E-state index in [1.54, 1.807) is 0 Å². The third kappa shape index (κ3) is 4.55. The van der Waals surface area contributed by atoms with E-state index in [1.165, 1.54) is 88.2 Å². The van der Waals surface area contributed by atoms with Crippen LogP contribution >= 0.6 is 0 Å². The standard InChI is InChI=1S/C57H38N2O/c1-57(2)47-20-8-3-14-38(47)39-29-28-37(34-48(39)57)58-49-21-9-5-16-41(49)45-32-35(26-30-52(45)58)36-27-31-53-46(33-36)42-17-6-11-23-51(42)59(53)50-22-10-4-15-40(50)43-19-13-25-55-56(43)44-18-7-12-24-54(44)60-55/h3-34H,1-2H3. The van der Waals surface area contributed by atoms with Gasteiger partial charge in [-0.2, -0.15) is 0 Å². The Morgan fingerprint density at radius 3 is 1.68 bits per heavy atom. The number of benzene rings is 9. The minimum absolute atomic E-state index is 0.0690. The number of hydrogen-bond acceptors (Lipinski definition) is 1. The molecule has 60 heavy (non-hydrogen) atoms. The van der Waals surface area contributed by atoms with Crippen molar-refractivity contribution in [2.45, 2.75) is 19.3 Å². The fourth-order valence-electron chi connectivity index (χ4n) is 10.6. The van der Waals surface area contributed by atoms with Gasteiger partial charge in [-0.1, -0.05) is 141 Å². The molecule has 0 unspecified atom stereocenters. The summed E-state index contributed by atoms with van der Waals surface area (Å²) < 4.78 is 11.2. The summed E-state index contributed by atoms with van der Waals surface area (Å²) >= 11 is 0. The summed E-state index contributed by atoms with van der Waals surface area (Å²) in [7, 11) is 0. The van der Waals surface area contributed by atoms with Crippen LogP contribution in [0.1, 0.15) is 25.0 Å². The van der Waals surface area contributed by atoms with Crippen molar-refractivity contribution in [2.24, 2.45) is 0 Å². The van der Waals surface area contributed by atoms with Gasteiger partial charge in [-0.25, -0.2) is 0 Å². The van der Waals surface area contributed by atoms with E-state index >= 15 is 0 Å². The highest BCUT2D eigenvalue weighted by molar-refractivity contribution is 6.15. The summed E-state index contributed by atoms with van der Waals surface area (Å²) in [5.41, 5.74) is 19.1. The van der Waals surface area contributed by atoms with Crippen LogP contribution in [0, 0.1) is 0 Å². The molecule has 9 aromatic carbocycles. The van der Waals surface area contributed by atoms with E-state index in [0.717, 1.165) is 33.2 Å². The predicted octanol–water partition coefficient (Wildman–Crippen LogP) is 15.4. The molecule has 3 aromatic heterocycles. The molecule has 1 aliphatic rings. The molecule has 0 aliphatic heterocycles. The fraction of sp³-hybridized carbons (Fsp3) is 0.0526. The zero-order chi connectivity index (χ0) is 39.7. The minimum atomic E-state index is -0.0690. The molecule has 3 nitrogen and oxygen atoms in total. The van der Waals surface area contributed by atoms with Gasteiger partial charge in [0.25, 0.3) is 0 Å². The molecule has 0 saturated heterocycles. The first-order valence-electron chi connectivity index (χ1n) is 20.8. The first-order chi connectivity index (χ1) is 29.5. The van der Waals surface area contributed by atoms with Gasteiger partial charge in [0.15, 0.2) is 0 Å². The van der Waals surface area contributed by atoms with E-state index in [-0.39, 0.29) is 5.41 Å². The molecule has 0 saturated carbocycles. The Morgan fingerprint density at radius 2 is 0.917 bits per heavy atom. The van der Waals surface area contributed by atoms with Crippen molar-refractivity contribution < 1.29 is 4.42 Å². The predicted molar refractivity (Wildman–Crippen MR) is 251 cm³/mol. The van der Waals surface area contributed by atoms with Gasteiger partial charge in [-0.15, -0.1) is 0 Å². The Hall–Kier alpha value is -7.62. The zero-order valence-corrected chi connectivity index (χ0v) is 33.3. The molecule has 3 heteroatoms. The second kappa shape index (κ2) is 12.2. The number of aromatic nitrogens is 2. The van der Waals surface area contributed by atoms with E-state index in [0.29, 0.717) is 0 Å². The smallest absolute Gasteiger partial charge is 0.136 e. The maximum Gasteiger partial charge on any atom is 0.136 e. The lowest BCUT2D eigenvalue weighted by molar-refractivity contribution is 0.660. The Kier molecular flexibility index (Phi) is 6.78. The average Bonchev–Trinajstić information content (AvgIpc) is 4.01. The SMILES string of the molecule is CC1(C)c2ccccc2-c2ccc(-n3c4ccccc4c4cc(-c5ccc6c(c5)c5ccccc5n6-c5ccccc5-c5cccc6oc7ccccc7c56)ccc43)cc21. The van der Waals surface area contributed by atoms with Crippen LogP contribution in [-0.4, -0.2) is 9.13 Å². The lowest BCUT2D eigenvalue weighted by atomic mass is 9.82. The average molecular weight is 767 g/mol. The lowest BCUT2D eigenvalue weighted by Crippen LogP contribution is -2.15. The van der Waals surface area contributed by atoms with Crippen LogP contribution < -0.4 is 0 Å². The van der Waals surface area contributed by atoms with Gasteiger partial charge in [0.1, 0.15) is 11.2 Å². The van der Waals surface area contributed by atoms with Crippen molar-refractivity contribution in [3.05, 3.63) is 205 Å². The Bertz CT molecular complexity index is 3760. The summed E-state index contributed by atoms with van der Waals surface area (Å²) in [4.78, 5) is 0. The van der Waals surface area contributed by atoms with Crippen molar-refractivity contribution in [1.82, 2.24) is 9.13 Å². The molecule has 0 amide bonds. The van der Waals surface area contributed by atoms with Crippen LogP contribution in [0.2, 0.25) is 0 Å². The Balaban J connectivity index is 0.971. The molecule has 3 heterocycles. The van der Waals surface area contributed by atoms with Crippen LogP contribution in [-0.2, 0) is 5.41 Å². The van der Waals surface area contributed by atoms with Gasteiger partial charge in [-0.3, -0.25) is 0 Å². The minimum Gasteiger partial charge on any atom is -0.456 e. The van der Waals surface area contributed by atoms with E-state index in [9.17, 15) is 0 Å². The maximum atomic E-state index is 6.34. The zero-order valence-electron chi connectivity index (χ0n) is 33.3. The van der Waals surface area contributed by atoms with Crippen molar-refractivity contribution in [3.63, 3.8) is 0 Å². The molecular weight excluding hydrogens is 729 g/mol. The van der Waals surface area contributed by atoms with E-state index in [1.807, 2.05) is 6.07 Å². The van der Waals surface area contributed by atoms with Crippen LogP contribution in [0.25, 0.3) is 110 Å².